The molecule has 0 aliphatic rings. The van der Waals surface area contributed by atoms with Gasteiger partial charge in [0, 0.05) is 12.2 Å². The first kappa shape index (κ1) is 14.2. The van der Waals surface area contributed by atoms with Gasteiger partial charge in [0.15, 0.2) is 0 Å². The number of hydrogen-bond donors (Lipinski definition) is 0. The van der Waals surface area contributed by atoms with Crippen LogP contribution in [0.2, 0.25) is 0 Å². The lowest BCUT2D eigenvalue weighted by molar-refractivity contribution is -0.140. The molecule has 0 radical (unpaired) electrons. The molecule has 0 aliphatic carbocycles. The maximum absolute atomic E-state index is 10.8. The highest BCUT2D eigenvalue weighted by Gasteiger charge is 1.97. The highest BCUT2D eigenvalue weighted by Crippen LogP contribution is 1.94. The molecule has 0 aromatic carbocycles. The average molecular weight is 324 g/mol. The van der Waals surface area contributed by atoms with E-state index in [1.54, 1.807) is 4.08 Å². The number of esters is 2. The van der Waals surface area contributed by atoms with Crippen molar-refractivity contribution in [3.05, 3.63) is 22.8 Å². The quantitative estimate of drug-likeness (QED) is 0.311. The van der Waals surface area contributed by atoms with Crippen LogP contribution in [0.25, 0.3) is 0 Å². The van der Waals surface area contributed by atoms with Gasteiger partial charge in [-0.3, -0.25) is 0 Å². The molecule has 0 bridgehead atoms. The second-order valence-electron chi connectivity index (χ2n) is 2.54. The van der Waals surface area contributed by atoms with E-state index in [1.807, 2.05) is 22.6 Å². The van der Waals surface area contributed by atoms with Crippen LogP contribution in [0.3, 0.4) is 0 Å². The van der Waals surface area contributed by atoms with Gasteiger partial charge in [-0.1, -0.05) is 29.2 Å². The van der Waals surface area contributed by atoms with E-state index in [2.05, 4.69) is 6.58 Å². The van der Waals surface area contributed by atoms with Gasteiger partial charge in [-0.25, -0.2) is 9.59 Å². The van der Waals surface area contributed by atoms with Crippen molar-refractivity contribution in [2.45, 2.75) is 12.8 Å². The fourth-order valence-corrected chi connectivity index (χ4v) is 1.00. The van der Waals surface area contributed by atoms with Gasteiger partial charge in [-0.05, 0) is 16.9 Å². The SMILES string of the molecule is C=CC(=O)OCCCCOC(=O)/C=C/I. The fraction of sp³-hybridized carbons (Fsp3) is 0.400. The van der Waals surface area contributed by atoms with Crippen LogP contribution < -0.4 is 0 Å². The van der Waals surface area contributed by atoms with E-state index < -0.39 is 5.97 Å². The van der Waals surface area contributed by atoms with Crippen molar-refractivity contribution in [2.24, 2.45) is 0 Å². The molecule has 84 valence electrons. The third-order valence-corrected chi connectivity index (χ3v) is 1.75. The van der Waals surface area contributed by atoms with Crippen molar-refractivity contribution in [1.29, 1.82) is 0 Å². The summed E-state index contributed by atoms with van der Waals surface area (Å²) in [5.74, 6) is -0.785. The van der Waals surface area contributed by atoms with E-state index in [4.69, 9.17) is 9.47 Å². The third kappa shape index (κ3) is 9.45. The summed E-state index contributed by atoms with van der Waals surface area (Å²) in [6.07, 6.45) is 3.80. The van der Waals surface area contributed by atoms with E-state index in [0.717, 1.165) is 6.08 Å². The summed E-state index contributed by atoms with van der Waals surface area (Å²) in [5, 5.41) is 0. The lowest BCUT2D eigenvalue weighted by Crippen LogP contribution is -2.05. The molecule has 0 heterocycles. The first-order valence-corrected chi connectivity index (χ1v) is 5.68. The average Bonchev–Trinajstić information content (AvgIpc) is 2.23. The number of carbonyl (C=O) groups excluding carboxylic acids is 2. The van der Waals surface area contributed by atoms with Gasteiger partial charge in [-0.15, -0.1) is 0 Å². The summed E-state index contributed by atoms with van der Waals surface area (Å²) in [4.78, 5) is 21.4. The van der Waals surface area contributed by atoms with E-state index in [1.165, 1.54) is 6.08 Å². The van der Waals surface area contributed by atoms with Crippen LogP contribution in [-0.2, 0) is 19.1 Å². The predicted molar refractivity (Wildman–Crippen MR) is 64.5 cm³/mol. The number of carbonyl (C=O) groups is 2. The van der Waals surface area contributed by atoms with Crippen LogP contribution >= 0.6 is 22.6 Å². The molecule has 0 amide bonds. The zero-order valence-electron chi connectivity index (χ0n) is 8.28. The Morgan fingerprint density at radius 2 is 1.67 bits per heavy atom. The van der Waals surface area contributed by atoms with Crippen LogP contribution in [0.15, 0.2) is 22.8 Å². The van der Waals surface area contributed by atoms with Gasteiger partial charge in [0.1, 0.15) is 0 Å². The van der Waals surface area contributed by atoms with Crippen molar-refractivity contribution < 1.29 is 19.1 Å². The van der Waals surface area contributed by atoms with Gasteiger partial charge >= 0.3 is 11.9 Å². The molecule has 4 nitrogen and oxygen atoms in total. The summed E-state index contributed by atoms with van der Waals surface area (Å²) in [5.41, 5.74) is 0. The molecule has 0 spiro atoms. The molecular weight excluding hydrogens is 311 g/mol. The lowest BCUT2D eigenvalue weighted by Gasteiger charge is -2.02. The second-order valence-corrected chi connectivity index (χ2v) is 3.26. The molecular formula is C10H13IO4. The van der Waals surface area contributed by atoms with E-state index in [0.29, 0.717) is 26.1 Å². The molecule has 0 unspecified atom stereocenters. The fourth-order valence-electron chi connectivity index (χ4n) is 0.708. The Morgan fingerprint density at radius 1 is 1.13 bits per heavy atom. The number of halogens is 1. The van der Waals surface area contributed by atoms with E-state index >= 15 is 0 Å². The monoisotopic (exact) mass is 324 g/mol. The minimum absolute atomic E-state index is 0.324. The smallest absolute Gasteiger partial charge is 0.331 e. The molecule has 0 N–H and O–H groups in total. The van der Waals surface area contributed by atoms with Gasteiger partial charge < -0.3 is 9.47 Å². The van der Waals surface area contributed by atoms with Crippen molar-refractivity contribution >= 4 is 34.5 Å². The Labute approximate surface area is 102 Å². The summed E-state index contributed by atoms with van der Waals surface area (Å²) in [6, 6.07) is 0. The molecule has 5 heteroatoms. The van der Waals surface area contributed by atoms with Gasteiger partial charge in [0.25, 0.3) is 0 Å². The Morgan fingerprint density at radius 3 is 2.13 bits per heavy atom. The third-order valence-electron chi connectivity index (χ3n) is 1.39. The van der Waals surface area contributed by atoms with Crippen molar-refractivity contribution in [2.75, 3.05) is 13.2 Å². The number of rotatable bonds is 7. The molecule has 0 fully saturated rings. The van der Waals surface area contributed by atoms with Gasteiger partial charge in [0.2, 0.25) is 0 Å². The first-order valence-electron chi connectivity index (χ1n) is 4.43. The number of unbranched alkanes of at least 4 members (excludes halogenated alkanes) is 1. The Hall–Kier alpha value is -0.850. The Bertz CT molecular complexity index is 248. The maximum Gasteiger partial charge on any atom is 0.331 e. The van der Waals surface area contributed by atoms with Crippen LogP contribution in [0.4, 0.5) is 0 Å². The normalized spacial score (nSPS) is 9.93. The molecule has 0 rings (SSSR count). The van der Waals surface area contributed by atoms with Crippen LogP contribution in [0.5, 0.6) is 0 Å². The van der Waals surface area contributed by atoms with Crippen molar-refractivity contribution in [3.63, 3.8) is 0 Å². The maximum atomic E-state index is 10.8. The largest absolute Gasteiger partial charge is 0.463 e. The lowest BCUT2D eigenvalue weighted by atomic mass is 10.3. The summed E-state index contributed by atoms with van der Waals surface area (Å²) in [7, 11) is 0. The molecule has 0 aromatic rings. The standard InChI is InChI=1S/C10H13IO4/c1-2-9(12)14-7-3-4-8-15-10(13)5-6-11/h2,5-6H,1,3-4,7-8H2/b6-5+. The molecule has 0 aliphatic heterocycles. The van der Waals surface area contributed by atoms with E-state index in [-0.39, 0.29) is 5.97 Å². The molecule has 15 heavy (non-hydrogen) atoms. The minimum Gasteiger partial charge on any atom is -0.463 e. The number of hydrogen-bond acceptors (Lipinski definition) is 4. The summed E-state index contributed by atoms with van der Waals surface area (Å²) >= 11 is 1.94. The van der Waals surface area contributed by atoms with Crippen LogP contribution in [0, 0.1) is 0 Å². The molecule has 0 saturated carbocycles. The highest BCUT2D eigenvalue weighted by molar-refractivity contribution is 14.1. The summed E-state index contributed by atoms with van der Waals surface area (Å²) in [6.45, 7) is 3.93. The first-order chi connectivity index (χ1) is 7.20. The van der Waals surface area contributed by atoms with Gasteiger partial charge in [0.05, 0.1) is 13.2 Å². The number of ether oxygens (including phenoxy) is 2. The summed E-state index contributed by atoms with van der Waals surface area (Å²) < 4.78 is 11.1. The minimum atomic E-state index is -0.431. The van der Waals surface area contributed by atoms with Crippen molar-refractivity contribution in [3.8, 4) is 0 Å². The molecule has 0 atom stereocenters. The van der Waals surface area contributed by atoms with Crippen LogP contribution in [0.1, 0.15) is 12.8 Å². The second kappa shape index (κ2) is 9.70. The van der Waals surface area contributed by atoms with Crippen LogP contribution in [-0.4, -0.2) is 25.2 Å². The van der Waals surface area contributed by atoms with Crippen molar-refractivity contribution in [1.82, 2.24) is 0 Å². The topological polar surface area (TPSA) is 52.6 Å². The van der Waals surface area contributed by atoms with Gasteiger partial charge in [-0.2, -0.15) is 0 Å². The zero-order chi connectivity index (χ0) is 11.5. The molecule has 0 saturated heterocycles. The zero-order valence-corrected chi connectivity index (χ0v) is 10.4. The van der Waals surface area contributed by atoms with E-state index in [9.17, 15) is 9.59 Å². The predicted octanol–water partition coefficient (Wildman–Crippen LogP) is 1.99. The Balaban J connectivity index is 3.28. The molecule has 0 aromatic heterocycles. The Kier molecular flexibility index (Phi) is 9.15. The highest BCUT2D eigenvalue weighted by atomic mass is 127.